The van der Waals surface area contributed by atoms with E-state index in [9.17, 15) is 19.3 Å². The van der Waals surface area contributed by atoms with Crippen LogP contribution in [0.1, 0.15) is 24.2 Å². The Morgan fingerprint density at radius 3 is 2.61 bits per heavy atom. The Kier molecular flexibility index (Phi) is 5.95. The van der Waals surface area contributed by atoms with Crippen LogP contribution < -0.4 is 0 Å². The van der Waals surface area contributed by atoms with E-state index in [1.54, 1.807) is 30.9 Å². The van der Waals surface area contributed by atoms with Gasteiger partial charge in [0.15, 0.2) is 0 Å². The van der Waals surface area contributed by atoms with E-state index >= 15 is 0 Å². The molecule has 2 heterocycles. The van der Waals surface area contributed by atoms with E-state index in [0.29, 0.717) is 43.3 Å². The third-order valence-electron chi connectivity index (χ3n) is 4.97. The van der Waals surface area contributed by atoms with Gasteiger partial charge in [0.05, 0.1) is 4.92 Å². The van der Waals surface area contributed by atoms with Crippen molar-refractivity contribution in [3.63, 3.8) is 0 Å². The summed E-state index contributed by atoms with van der Waals surface area (Å²) in [7, 11) is 0. The number of hydrogen-bond acceptors (Lipinski definition) is 5. The van der Waals surface area contributed by atoms with Crippen molar-refractivity contribution in [2.45, 2.75) is 26.4 Å². The fourth-order valence-corrected chi connectivity index (χ4v) is 3.48. The van der Waals surface area contributed by atoms with Gasteiger partial charge < -0.3 is 4.90 Å². The molecule has 1 aliphatic rings. The lowest BCUT2D eigenvalue weighted by atomic mass is 10.1. The van der Waals surface area contributed by atoms with E-state index in [0.717, 1.165) is 0 Å². The van der Waals surface area contributed by atoms with E-state index in [2.05, 4.69) is 5.10 Å². The average Bonchev–Trinajstić information content (AvgIpc) is 3.06. The van der Waals surface area contributed by atoms with E-state index in [4.69, 9.17) is 11.6 Å². The minimum absolute atomic E-state index is 0.105. The van der Waals surface area contributed by atoms with E-state index < -0.39 is 11.0 Å². The van der Waals surface area contributed by atoms with Gasteiger partial charge in [0, 0.05) is 43.3 Å². The molecule has 10 heteroatoms. The molecule has 1 fully saturated rings. The van der Waals surface area contributed by atoms with Crippen LogP contribution in [0.2, 0.25) is 5.02 Å². The van der Waals surface area contributed by atoms with Crippen LogP contribution >= 0.6 is 11.6 Å². The highest BCUT2D eigenvalue weighted by Crippen LogP contribution is 2.23. The zero-order valence-corrected chi connectivity index (χ0v) is 16.4. The molecule has 1 aliphatic heterocycles. The number of rotatable bonds is 5. The second-order valence-corrected chi connectivity index (χ2v) is 7.22. The molecule has 1 aromatic carbocycles. The molecule has 3 rings (SSSR count). The molecule has 8 nitrogen and oxygen atoms in total. The van der Waals surface area contributed by atoms with Gasteiger partial charge in [-0.15, -0.1) is 0 Å². The van der Waals surface area contributed by atoms with Crippen LogP contribution in [0.15, 0.2) is 24.4 Å². The number of aromatic nitrogens is 2. The summed E-state index contributed by atoms with van der Waals surface area (Å²) in [5.74, 6) is -0.490. The molecule has 1 saturated heterocycles. The minimum atomic E-state index is -0.639. The zero-order valence-electron chi connectivity index (χ0n) is 15.6. The minimum Gasteiger partial charge on any atom is -0.338 e. The zero-order chi connectivity index (χ0) is 20.4. The Morgan fingerprint density at radius 1 is 1.36 bits per heavy atom. The number of carbonyl (C=O) groups is 1. The quantitative estimate of drug-likeness (QED) is 0.560. The third-order valence-corrected chi connectivity index (χ3v) is 5.32. The normalized spacial score (nSPS) is 16.2. The van der Waals surface area contributed by atoms with E-state index in [-0.39, 0.29) is 23.1 Å². The lowest BCUT2D eigenvalue weighted by Gasteiger charge is -2.36. The first-order valence-electron chi connectivity index (χ1n) is 8.92. The van der Waals surface area contributed by atoms with Crippen molar-refractivity contribution in [1.82, 2.24) is 19.6 Å². The molecule has 1 aromatic heterocycles. The smallest absolute Gasteiger partial charge is 0.309 e. The van der Waals surface area contributed by atoms with Gasteiger partial charge in [-0.25, -0.2) is 4.39 Å². The Morgan fingerprint density at radius 2 is 2.04 bits per heavy atom. The van der Waals surface area contributed by atoms with Crippen LogP contribution in [0.25, 0.3) is 0 Å². The number of benzene rings is 1. The monoisotopic (exact) mass is 409 g/mol. The number of nitrogens with zero attached hydrogens (tertiary/aromatic N) is 5. The van der Waals surface area contributed by atoms with Crippen molar-refractivity contribution in [3.8, 4) is 0 Å². The fraction of sp³-hybridized carbons (Fsp3) is 0.444. The first-order valence-corrected chi connectivity index (χ1v) is 9.30. The molecular formula is C18H21ClFN5O3. The second-order valence-electron chi connectivity index (χ2n) is 6.81. The van der Waals surface area contributed by atoms with Crippen molar-refractivity contribution >= 4 is 23.2 Å². The van der Waals surface area contributed by atoms with Crippen molar-refractivity contribution in [2.24, 2.45) is 0 Å². The molecule has 1 amide bonds. The van der Waals surface area contributed by atoms with Crippen molar-refractivity contribution in [2.75, 3.05) is 26.2 Å². The van der Waals surface area contributed by atoms with Gasteiger partial charge in [-0.1, -0.05) is 17.7 Å². The number of amides is 1. The molecule has 0 aliphatic carbocycles. The van der Waals surface area contributed by atoms with Crippen LogP contribution in [0, 0.1) is 22.9 Å². The predicted molar refractivity (Wildman–Crippen MR) is 102 cm³/mol. The largest absolute Gasteiger partial charge is 0.338 e. The predicted octanol–water partition coefficient (Wildman–Crippen LogP) is 2.80. The number of nitro groups is 1. The average molecular weight is 410 g/mol. The van der Waals surface area contributed by atoms with Gasteiger partial charge in [0.25, 0.3) is 0 Å². The number of halogens is 2. The number of hydrogen-bond donors (Lipinski definition) is 0. The number of carbonyl (C=O) groups excluding carboxylic acids is 1. The standard InChI is InChI=1S/C18H21ClFN5O3/c1-12-17(25(27)28)11-24(21-12)13(2)18(26)23-8-6-22(7-9-23)10-14-15(19)4-3-5-16(14)20/h3-5,11,13H,6-10H2,1-2H3. The highest BCUT2D eigenvalue weighted by molar-refractivity contribution is 6.31. The molecule has 28 heavy (non-hydrogen) atoms. The van der Waals surface area contributed by atoms with Crippen LogP contribution in [0.5, 0.6) is 0 Å². The topological polar surface area (TPSA) is 84.5 Å². The molecule has 2 aromatic rings. The summed E-state index contributed by atoms with van der Waals surface area (Å²) in [5, 5.41) is 15.5. The molecule has 0 bridgehead atoms. The summed E-state index contributed by atoms with van der Waals surface area (Å²) in [6.45, 7) is 5.73. The van der Waals surface area contributed by atoms with Gasteiger partial charge in [-0.3, -0.25) is 24.5 Å². The molecule has 0 N–H and O–H groups in total. The molecule has 0 radical (unpaired) electrons. The third kappa shape index (κ3) is 4.15. The summed E-state index contributed by atoms with van der Waals surface area (Å²) in [6.07, 6.45) is 1.29. The Labute approximate surface area is 166 Å². The van der Waals surface area contributed by atoms with E-state index in [1.165, 1.54) is 16.9 Å². The molecule has 150 valence electrons. The van der Waals surface area contributed by atoms with Crippen LogP contribution in [0.4, 0.5) is 10.1 Å². The lowest BCUT2D eigenvalue weighted by Crippen LogP contribution is -2.50. The number of aryl methyl sites for hydroxylation is 1. The Balaban J connectivity index is 1.60. The lowest BCUT2D eigenvalue weighted by molar-refractivity contribution is -0.385. The second kappa shape index (κ2) is 8.24. The van der Waals surface area contributed by atoms with Gasteiger partial charge in [0.1, 0.15) is 23.7 Å². The van der Waals surface area contributed by atoms with Gasteiger partial charge >= 0.3 is 5.69 Å². The van der Waals surface area contributed by atoms with Gasteiger partial charge in [-0.2, -0.15) is 5.10 Å². The molecule has 1 unspecified atom stereocenters. The first-order chi connectivity index (χ1) is 13.3. The maximum absolute atomic E-state index is 14.0. The number of piperazine rings is 1. The van der Waals surface area contributed by atoms with Gasteiger partial charge in [0.2, 0.25) is 5.91 Å². The molecule has 0 saturated carbocycles. The van der Waals surface area contributed by atoms with Crippen molar-refractivity contribution in [1.29, 1.82) is 0 Å². The summed E-state index contributed by atoms with van der Waals surface area (Å²) >= 11 is 6.09. The first kappa shape index (κ1) is 20.2. The van der Waals surface area contributed by atoms with Crippen LogP contribution in [0.3, 0.4) is 0 Å². The molecule has 1 atom stereocenters. The highest BCUT2D eigenvalue weighted by Gasteiger charge is 2.28. The maximum atomic E-state index is 14.0. The Hall–Kier alpha value is -2.52. The van der Waals surface area contributed by atoms with E-state index in [1.807, 2.05) is 4.90 Å². The summed E-state index contributed by atoms with van der Waals surface area (Å²) < 4.78 is 15.3. The van der Waals surface area contributed by atoms with Crippen LogP contribution in [-0.2, 0) is 11.3 Å². The highest BCUT2D eigenvalue weighted by atomic mass is 35.5. The molecule has 0 spiro atoms. The summed E-state index contributed by atoms with van der Waals surface area (Å²) in [4.78, 5) is 27.0. The van der Waals surface area contributed by atoms with Gasteiger partial charge in [-0.05, 0) is 26.0 Å². The summed E-state index contributed by atoms with van der Waals surface area (Å²) in [5.41, 5.74) is 0.624. The summed E-state index contributed by atoms with van der Waals surface area (Å²) in [6, 6.07) is 3.97. The Bertz CT molecular complexity index is 875. The molecular weight excluding hydrogens is 389 g/mol. The van der Waals surface area contributed by atoms with Crippen molar-refractivity contribution in [3.05, 3.63) is 56.6 Å². The fourth-order valence-electron chi connectivity index (χ4n) is 3.26. The maximum Gasteiger partial charge on any atom is 0.309 e. The SMILES string of the molecule is Cc1nn(C(C)C(=O)N2CCN(Cc3c(F)cccc3Cl)CC2)cc1[N+](=O)[O-]. The van der Waals surface area contributed by atoms with Crippen molar-refractivity contribution < 1.29 is 14.1 Å². The van der Waals surface area contributed by atoms with Crippen LogP contribution in [-0.4, -0.2) is 56.6 Å².